The monoisotopic (exact) mass is 220 g/mol. The number of hydrogen-bond acceptors (Lipinski definition) is 3. The van der Waals surface area contributed by atoms with Gasteiger partial charge in [0.2, 0.25) is 0 Å². The predicted molar refractivity (Wildman–Crippen MR) is 58.6 cm³/mol. The molecule has 0 aliphatic rings. The summed E-state index contributed by atoms with van der Waals surface area (Å²) in [4.78, 5) is 0. The molecule has 14 heavy (non-hydrogen) atoms. The molecule has 0 spiro atoms. The van der Waals surface area contributed by atoms with E-state index in [1.54, 1.807) is 0 Å². The molecule has 0 aliphatic carbocycles. The molecule has 0 saturated carbocycles. The Morgan fingerprint density at radius 1 is 1.43 bits per heavy atom. The van der Waals surface area contributed by atoms with Crippen LogP contribution in [0, 0.1) is 5.92 Å². The molecule has 0 aromatic carbocycles. The van der Waals surface area contributed by atoms with Crippen molar-refractivity contribution in [2.24, 2.45) is 5.92 Å². The van der Waals surface area contributed by atoms with Crippen LogP contribution >= 0.6 is 0 Å². The van der Waals surface area contributed by atoms with Gasteiger partial charge < -0.3 is 0 Å². The van der Waals surface area contributed by atoms with Gasteiger partial charge in [0.15, 0.2) is 0 Å². The Morgan fingerprint density at radius 3 is 2.43 bits per heavy atom. The maximum absolute atomic E-state index is 10.7. The number of rotatable bonds is 6. The molecule has 3 nitrogen and oxygen atoms in total. The van der Waals surface area contributed by atoms with E-state index in [4.69, 9.17) is 4.18 Å². The van der Waals surface area contributed by atoms with Crippen molar-refractivity contribution in [1.82, 2.24) is 0 Å². The van der Waals surface area contributed by atoms with E-state index in [9.17, 15) is 8.42 Å². The first-order valence-electron chi connectivity index (χ1n) is 4.79. The van der Waals surface area contributed by atoms with Crippen LogP contribution in [-0.2, 0) is 14.3 Å². The van der Waals surface area contributed by atoms with E-state index >= 15 is 0 Å². The first-order chi connectivity index (χ1) is 6.31. The zero-order valence-corrected chi connectivity index (χ0v) is 10.2. The average molecular weight is 220 g/mol. The van der Waals surface area contributed by atoms with Crippen molar-refractivity contribution >= 4 is 10.1 Å². The summed E-state index contributed by atoms with van der Waals surface area (Å²) in [7, 11) is -3.28. The minimum Gasteiger partial charge on any atom is -0.270 e. The van der Waals surface area contributed by atoms with Crippen LogP contribution < -0.4 is 0 Å². The van der Waals surface area contributed by atoms with Gasteiger partial charge in [-0.15, -0.1) is 0 Å². The Kier molecular flexibility index (Phi) is 6.04. The van der Waals surface area contributed by atoms with Crippen molar-refractivity contribution in [1.29, 1.82) is 0 Å². The highest BCUT2D eigenvalue weighted by Crippen LogP contribution is 2.09. The van der Waals surface area contributed by atoms with Crippen LogP contribution in [0.15, 0.2) is 11.6 Å². The van der Waals surface area contributed by atoms with E-state index in [2.05, 4.69) is 19.9 Å². The fourth-order valence-corrected chi connectivity index (χ4v) is 1.46. The van der Waals surface area contributed by atoms with E-state index in [1.165, 1.54) is 5.57 Å². The molecule has 0 fully saturated rings. The van der Waals surface area contributed by atoms with Gasteiger partial charge in [0.25, 0.3) is 10.1 Å². The molecule has 0 aromatic heterocycles. The van der Waals surface area contributed by atoms with Gasteiger partial charge in [-0.1, -0.05) is 18.6 Å². The SMILES string of the molecule is CC(C)=CCCC(C)COS(C)(=O)=O. The summed E-state index contributed by atoms with van der Waals surface area (Å²) in [5.74, 6) is 0.278. The Balaban J connectivity index is 3.67. The molecule has 0 rings (SSSR count). The predicted octanol–water partition coefficient (Wildman–Crippen LogP) is 2.35. The largest absolute Gasteiger partial charge is 0.270 e. The second-order valence-corrected chi connectivity index (χ2v) is 5.60. The van der Waals surface area contributed by atoms with Crippen molar-refractivity contribution in [3.63, 3.8) is 0 Å². The van der Waals surface area contributed by atoms with E-state index in [-0.39, 0.29) is 12.5 Å². The van der Waals surface area contributed by atoms with Gasteiger partial charge in [-0.3, -0.25) is 4.18 Å². The van der Waals surface area contributed by atoms with Gasteiger partial charge in [0.05, 0.1) is 12.9 Å². The van der Waals surface area contributed by atoms with E-state index < -0.39 is 10.1 Å². The quantitative estimate of drug-likeness (QED) is 0.510. The fourth-order valence-electron chi connectivity index (χ4n) is 0.980. The summed E-state index contributed by atoms with van der Waals surface area (Å²) >= 11 is 0. The molecule has 0 N–H and O–H groups in total. The molecule has 0 saturated heterocycles. The average Bonchev–Trinajstić information content (AvgIpc) is 1.99. The molecule has 0 heterocycles. The molecule has 1 atom stereocenters. The molecule has 0 aliphatic heterocycles. The van der Waals surface area contributed by atoms with Gasteiger partial charge >= 0.3 is 0 Å². The van der Waals surface area contributed by atoms with E-state index in [1.807, 2.05) is 6.92 Å². The third kappa shape index (κ3) is 9.74. The van der Waals surface area contributed by atoms with Crippen LogP contribution in [0.25, 0.3) is 0 Å². The molecule has 0 radical (unpaired) electrons. The van der Waals surface area contributed by atoms with Crippen molar-refractivity contribution in [2.45, 2.75) is 33.6 Å². The van der Waals surface area contributed by atoms with Crippen molar-refractivity contribution in [2.75, 3.05) is 12.9 Å². The van der Waals surface area contributed by atoms with Crippen LogP contribution in [0.4, 0.5) is 0 Å². The zero-order chi connectivity index (χ0) is 11.2. The lowest BCUT2D eigenvalue weighted by Gasteiger charge is -2.08. The Hall–Kier alpha value is -0.350. The summed E-state index contributed by atoms with van der Waals surface area (Å²) in [6, 6.07) is 0. The highest BCUT2D eigenvalue weighted by atomic mass is 32.2. The summed E-state index contributed by atoms with van der Waals surface area (Å²) < 4.78 is 26.1. The molecule has 0 bridgehead atoms. The Bertz CT molecular complexity index is 274. The Morgan fingerprint density at radius 2 is 2.00 bits per heavy atom. The minimum atomic E-state index is -3.28. The lowest BCUT2D eigenvalue weighted by Crippen LogP contribution is -2.10. The second-order valence-electron chi connectivity index (χ2n) is 3.95. The molecule has 1 unspecified atom stereocenters. The van der Waals surface area contributed by atoms with Crippen LogP contribution in [0.2, 0.25) is 0 Å². The second kappa shape index (κ2) is 6.19. The van der Waals surface area contributed by atoms with Gasteiger partial charge in [-0.25, -0.2) is 0 Å². The van der Waals surface area contributed by atoms with Crippen LogP contribution in [0.3, 0.4) is 0 Å². The Labute approximate surface area is 87.3 Å². The van der Waals surface area contributed by atoms with Gasteiger partial charge in [0.1, 0.15) is 0 Å². The van der Waals surface area contributed by atoms with Crippen LogP contribution in [0.1, 0.15) is 33.6 Å². The van der Waals surface area contributed by atoms with Crippen LogP contribution in [0.5, 0.6) is 0 Å². The summed E-state index contributed by atoms with van der Waals surface area (Å²) in [6.07, 6.45) is 5.17. The number of allylic oxidation sites excluding steroid dienone is 2. The van der Waals surface area contributed by atoms with Gasteiger partial charge in [-0.05, 0) is 32.6 Å². The van der Waals surface area contributed by atoms with Gasteiger partial charge in [-0.2, -0.15) is 8.42 Å². The fraction of sp³-hybridized carbons (Fsp3) is 0.800. The summed E-state index contributed by atoms with van der Waals surface area (Å²) in [5.41, 5.74) is 1.29. The molecular weight excluding hydrogens is 200 g/mol. The molecule has 84 valence electrons. The molecular formula is C10H20O3S. The smallest absolute Gasteiger partial charge is 0.264 e. The van der Waals surface area contributed by atoms with Crippen LogP contribution in [-0.4, -0.2) is 21.3 Å². The molecule has 0 amide bonds. The van der Waals surface area contributed by atoms with Gasteiger partial charge in [0, 0.05) is 0 Å². The number of hydrogen-bond donors (Lipinski definition) is 0. The summed E-state index contributed by atoms with van der Waals surface area (Å²) in [6.45, 7) is 6.38. The highest BCUT2D eigenvalue weighted by molar-refractivity contribution is 7.85. The third-order valence-corrected chi connectivity index (χ3v) is 2.34. The van der Waals surface area contributed by atoms with Crippen molar-refractivity contribution < 1.29 is 12.6 Å². The van der Waals surface area contributed by atoms with E-state index in [0.29, 0.717) is 0 Å². The van der Waals surface area contributed by atoms with E-state index in [0.717, 1.165) is 19.1 Å². The van der Waals surface area contributed by atoms with Crippen molar-refractivity contribution in [3.8, 4) is 0 Å². The third-order valence-electron chi connectivity index (χ3n) is 1.78. The minimum absolute atomic E-state index is 0.278. The topological polar surface area (TPSA) is 43.4 Å². The zero-order valence-electron chi connectivity index (χ0n) is 9.41. The maximum Gasteiger partial charge on any atom is 0.264 e. The maximum atomic E-state index is 10.7. The standard InChI is InChI=1S/C10H20O3S/c1-9(2)6-5-7-10(3)8-13-14(4,11)12/h6,10H,5,7-8H2,1-4H3. The lowest BCUT2D eigenvalue weighted by molar-refractivity contribution is 0.260. The lowest BCUT2D eigenvalue weighted by atomic mass is 10.1. The first-order valence-corrected chi connectivity index (χ1v) is 6.60. The molecule has 4 heteroatoms. The highest BCUT2D eigenvalue weighted by Gasteiger charge is 2.06. The molecule has 0 aromatic rings. The summed E-state index contributed by atoms with van der Waals surface area (Å²) in [5, 5.41) is 0. The first kappa shape index (κ1) is 13.7. The van der Waals surface area contributed by atoms with Crippen molar-refractivity contribution in [3.05, 3.63) is 11.6 Å². The normalized spacial score (nSPS) is 13.7.